The highest BCUT2D eigenvalue weighted by atomic mass is 16.5. The molecule has 0 amide bonds. The van der Waals surface area contributed by atoms with Gasteiger partial charge in [0.15, 0.2) is 17.5 Å². The van der Waals surface area contributed by atoms with Gasteiger partial charge in [-0.25, -0.2) is 0 Å². The van der Waals surface area contributed by atoms with E-state index in [9.17, 15) is 0 Å². The van der Waals surface area contributed by atoms with E-state index in [4.69, 9.17) is 9.47 Å². The molecule has 1 aliphatic heterocycles. The van der Waals surface area contributed by atoms with Crippen molar-refractivity contribution in [2.24, 2.45) is 4.99 Å². The second-order valence-corrected chi connectivity index (χ2v) is 6.82. The average Bonchev–Trinajstić information content (AvgIpc) is 2.73. The molecule has 0 aromatic heterocycles. The third-order valence-corrected chi connectivity index (χ3v) is 5.17. The number of hydrogen-bond acceptors (Lipinski definition) is 5. The quantitative estimate of drug-likeness (QED) is 0.527. The highest BCUT2D eigenvalue weighted by Gasteiger charge is 2.20. The molecule has 0 radical (unpaired) electrons. The van der Waals surface area contributed by atoms with Gasteiger partial charge in [-0.2, -0.15) is 0 Å². The number of guanidine groups is 1. The number of hydrogen-bond donors (Lipinski definition) is 2. The molecule has 7 nitrogen and oxygen atoms in total. The SMILES string of the molecule is CCN1CCN(C(C)CNC(=NC)NCc2ccc(OC)c(OC)c2)CC1. The Bertz CT molecular complexity index is 600. The maximum absolute atomic E-state index is 5.36. The van der Waals surface area contributed by atoms with Crippen LogP contribution in [0, 0.1) is 0 Å². The lowest BCUT2D eigenvalue weighted by atomic mass is 10.2. The Kier molecular flexibility index (Phi) is 8.67. The number of aliphatic imine (C=N–C) groups is 1. The average molecular weight is 378 g/mol. The molecule has 7 heteroatoms. The lowest BCUT2D eigenvalue weighted by Crippen LogP contribution is -2.53. The maximum Gasteiger partial charge on any atom is 0.191 e. The molecule has 2 rings (SSSR count). The van der Waals surface area contributed by atoms with Gasteiger partial charge in [0, 0.05) is 52.4 Å². The van der Waals surface area contributed by atoms with Crippen LogP contribution in [0.4, 0.5) is 0 Å². The molecule has 1 unspecified atom stereocenters. The fourth-order valence-corrected chi connectivity index (χ4v) is 3.29. The molecule has 152 valence electrons. The monoisotopic (exact) mass is 377 g/mol. The Balaban J connectivity index is 1.79. The first kappa shape index (κ1) is 21.3. The van der Waals surface area contributed by atoms with E-state index in [1.165, 1.54) is 0 Å². The molecular weight excluding hydrogens is 342 g/mol. The number of methoxy groups -OCH3 is 2. The van der Waals surface area contributed by atoms with Crippen LogP contribution < -0.4 is 20.1 Å². The van der Waals surface area contributed by atoms with Crippen molar-refractivity contribution in [2.45, 2.75) is 26.4 Å². The topological polar surface area (TPSA) is 61.4 Å². The van der Waals surface area contributed by atoms with Crippen molar-refractivity contribution >= 4 is 5.96 Å². The van der Waals surface area contributed by atoms with Crippen LogP contribution in [0.3, 0.4) is 0 Å². The van der Waals surface area contributed by atoms with Crippen LogP contribution in [-0.4, -0.2) is 82.3 Å². The normalized spacial score (nSPS) is 17.4. The first-order chi connectivity index (χ1) is 13.1. The van der Waals surface area contributed by atoms with E-state index in [-0.39, 0.29) is 0 Å². The minimum absolute atomic E-state index is 0.476. The largest absolute Gasteiger partial charge is 0.493 e. The zero-order chi connectivity index (χ0) is 19.6. The van der Waals surface area contributed by atoms with Gasteiger partial charge in [-0.3, -0.25) is 9.89 Å². The van der Waals surface area contributed by atoms with Crippen LogP contribution in [0.2, 0.25) is 0 Å². The summed E-state index contributed by atoms with van der Waals surface area (Å²) in [6.07, 6.45) is 0. The van der Waals surface area contributed by atoms with Gasteiger partial charge in [0.2, 0.25) is 0 Å². The Hall–Kier alpha value is -1.99. The summed E-state index contributed by atoms with van der Waals surface area (Å²) in [5, 5.41) is 6.81. The van der Waals surface area contributed by atoms with Crippen molar-refractivity contribution in [3.05, 3.63) is 23.8 Å². The number of benzene rings is 1. The molecule has 1 aromatic rings. The van der Waals surface area contributed by atoms with Crippen LogP contribution in [0.1, 0.15) is 19.4 Å². The summed E-state index contributed by atoms with van der Waals surface area (Å²) in [5.74, 6) is 2.28. The van der Waals surface area contributed by atoms with Crippen LogP contribution >= 0.6 is 0 Å². The van der Waals surface area contributed by atoms with Gasteiger partial charge in [0.05, 0.1) is 14.2 Å². The highest BCUT2D eigenvalue weighted by Crippen LogP contribution is 2.27. The van der Waals surface area contributed by atoms with Gasteiger partial charge in [-0.15, -0.1) is 0 Å². The molecule has 0 aliphatic carbocycles. The molecule has 27 heavy (non-hydrogen) atoms. The van der Waals surface area contributed by atoms with Gasteiger partial charge >= 0.3 is 0 Å². The number of nitrogens with one attached hydrogen (secondary N) is 2. The lowest BCUT2D eigenvalue weighted by Gasteiger charge is -2.37. The van der Waals surface area contributed by atoms with Crippen LogP contribution in [0.25, 0.3) is 0 Å². The Morgan fingerprint density at radius 1 is 1.11 bits per heavy atom. The summed E-state index contributed by atoms with van der Waals surface area (Å²) >= 11 is 0. The van der Waals surface area contributed by atoms with Crippen LogP contribution in [0.15, 0.2) is 23.2 Å². The van der Waals surface area contributed by atoms with Crippen LogP contribution in [0.5, 0.6) is 11.5 Å². The molecule has 1 aromatic carbocycles. The molecule has 1 saturated heterocycles. The third-order valence-electron chi connectivity index (χ3n) is 5.17. The van der Waals surface area contributed by atoms with Crippen molar-refractivity contribution in [3.63, 3.8) is 0 Å². The van der Waals surface area contributed by atoms with Gasteiger partial charge < -0.3 is 25.0 Å². The summed E-state index contributed by atoms with van der Waals surface area (Å²) < 4.78 is 10.6. The summed E-state index contributed by atoms with van der Waals surface area (Å²) in [5.41, 5.74) is 1.11. The molecule has 1 atom stereocenters. The van der Waals surface area contributed by atoms with Crippen molar-refractivity contribution < 1.29 is 9.47 Å². The van der Waals surface area contributed by atoms with E-state index in [0.717, 1.165) is 62.3 Å². The molecular formula is C20H35N5O2. The van der Waals surface area contributed by atoms with E-state index in [1.54, 1.807) is 21.3 Å². The number of likely N-dealkylation sites (N-methyl/N-ethyl adjacent to an activating group) is 1. The summed E-state index contributed by atoms with van der Waals surface area (Å²) in [6, 6.07) is 6.40. The van der Waals surface area contributed by atoms with E-state index < -0.39 is 0 Å². The predicted molar refractivity (Wildman–Crippen MR) is 111 cm³/mol. The standard InChI is InChI=1S/C20H35N5O2/c1-6-24-9-11-25(12-10-24)16(2)14-22-20(21-3)23-15-17-7-8-18(26-4)19(13-17)27-5/h7-8,13,16H,6,9-12,14-15H2,1-5H3,(H2,21,22,23). The minimum atomic E-state index is 0.476. The van der Waals surface area contributed by atoms with E-state index in [0.29, 0.717) is 12.6 Å². The highest BCUT2D eigenvalue weighted by molar-refractivity contribution is 5.79. The summed E-state index contributed by atoms with van der Waals surface area (Å²) in [6.45, 7) is 11.8. The van der Waals surface area contributed by atoms with E-state index >= 15 is 0 Å². The zero-order valence-electron chi connectivity index (χ0n) is 17.4. The molecule has 0 spiro atoms. The van der Waals surface area contributed by atoms with Crippen molar-refractivity contribution in [1.82, 2.24) is 20.4 Å². The first-order valence-corrected chi connectivity index (χ1v) is 9.73. The van der Waals surface area contributed by atoms with Crippen LogP contribution in [-0.2, 0) is 6.54 Å². The second-order valence-electron chi connectivity index (χ2n) is 6.82. The van der Waals surface area contributed by atoms with Crippen molar-refractivity contribution in [1.29, 1.82) is 0 Å². The number of piperazine rings is 1. The number of nitrogens with zero attached hydrogens (tertiary/aromatic N) is 3. The number of rotatable bonds is 8. The second kappa shape index (κ2) is 11.0. The molecule has 1 aliphatic rings. The summed E-state index contributed by atoms with van der Waals surface area (Å²) in [4.78, 5) is 9.38. The van der Waals surface area contributed by atoms with Crippen molar-refractivity contribution in [2.75, 3.05) is 60.5 Å². The van der Waals surface area contributed by atoms with E-state index in [1.807, 2.05) is 18.2 Å². The van der Waals surface area contributed by atoms with Crippen molar-refractivity contribution in [3.8, 4) is 11.5 Å². The lowest BCUT2D eigenvalue weighted by molar-refractivity contribution is 0.107. The predicted octanol–water partition coefficient (Wildman–Crippen LogP) is 1.39. The molecule has 2 N–H and O–H groups in total. The first-order valence-electron chi connectivity index (χ1n) is 9.73. The van der Waals surface area contributed by atoms with E-state index in [2.05, 4.69) is 39.3 Å². The minimum Gasteiger partial charge on any atom is -0.493 e. The smallest absolute Gasteiger partial charge is 0.191 e. The molecule has 0 saturated carbocycles. The van der Waals surface area contributed by atoms with Gasteiger partial charge in [-0.1, -0.05) is 13.0 Å². The number of ether oxygens (including phenoxy) is 2. The Morgan fingerprint density at radius 3 is 2.41 bits per heavy atom. The molecule has 1 fully saturated rings. The van der Waals surface area contributed by atoms with Gasteiger partial charge in [0.25, 0.3) is 0 Å². The fourth-order valence-electron chi connectivity index (χ4n) is 3.29. The fraction of sp³-hybridized carbons (Fsp3) is 0.650. The van der Waals surface area contributed by atoms with Gasteiger partial charge in [-0.05, 0) is 31.2 Å². The zero-order valence-corrected chi connectivity index (χ0v) is 17.4. The molecule has 0 bridgehead atoms. The maximum atomic E-state index is 5.36. The Morgan fingerprint density at radius 2 is 1.81 bits per heavy atom. The Labute approximate surface area is 163 Å². The summed E-state index contributed by atoms with van der Waals surface area (Å²) in [7, 11) is 5.09. The third kappa shape index (κ3) is 6.29. The molecule has 1 heterocycles. The van der Waals surface area contributed by atoms with Gasteiger partial charge in [0.1, 0.15) is 0 Å².